The van der Waals surface area contributed by atoms with E-state index in [-0.39, 0.29) is 11.5 Å². The number of piperazine rings is 1. The zero-order valence-electron chi connectivity index (χ0n) is 17.6. The van der Waals surface area contributed by atoms with Crippen LogP contribution in [0.1, 0.15) is 23.2 Å². The molecule has 0 radical (unpaired) electrons. The fourth-order valence-electron chi connectivity index (χ4n) is 4.23. The summed E-state index contributed by atoms with van der Waals surface area (Å²) < 4.78 is 6.90. The summed E-state index contributed by atoms with van der Waals surface area (Å²) in [4.78, 5) is 31.8. The molecule has 1 amide bonds. The number of aromatic nitrogens is 1. The molecule has 0 unspecified atom stereocenters. The van der Waals surface area contributed by atoms with Gasteiger partial charge < -0.3 is 24.0 Å². The molecule has 0 bridgehead atoms. The van der Waals surface area contributed by atoms with Gasteiger partial charge in [-0.2, -0.15) is 0 Å². The predicted octanol–water partition coefficient (Wildman–Crippen LogP) is 1.92. The standard InChI is InChI=1S/C23H30N4O3/c1-30-21-7-5-20(6-8-21)25-14-16-26(17-15-25)23(29)19-4-9-22(28)27(18-19)13-12-24-10-2-3-11-24/h4-9,18H,2-3,10-17H2,1H3. The lowest BCUT2D eigenvalue weighted by Gasteiger charge is -2.36. The Hall–Kier alpha value is -2.80. The molecule has 2 aliphatic heterocycles. The van der Waals surface area contributed by atoms with Crippen molar-refractivity contribution >= 4 is 11.6 Å². The van der Waals surface area contributed by atoms with Crippen molar-refractivity contribution in [3.8, 4) is 5.75 Å². The molecule has 1 aromatic carbocycles. The van der Waals surface area contributed by atoms with E-state index in [1.807, 2.05) is 29.2 Å². The van der Waals surface area contributed by atoms with E-state index in [4.69, 9.17) is 4.74 Å². The van der Waals surface area contributed by atoms with Gasteiger partial charge in [-0.3, -0.25) is 9.59 Å². The van der Waals surface area contributed by atoms with E-state index in [0.717, 1.165) is 44.2 Å². The largest absolute Gasteiger partial charge is 0.497 e. The van der Waals surface area contributed by atoms with Gasteiger partial charge in [-0.25, -0.2) is 0 Å². The molecule has 2 saturated heterocycles. The number of methoxy groups -OCH3 is 1. The molecule has 1 aromatic heterocycles. The van der Waals surface area contributed by atoms with Crippen LogP contribution in [0.15, 0.2) is 47.4 Å². The lowest BCUT2D eigenvalue weighted by molar-refractivity contribution is 0.0745. The van der Waals surface area contributed by atoms with Crippen molar-refractivity contribution in [2.45, 2.75) is 19.4 Å². The van der Waals surface area contributed by atoms with Gasteiger partial charge in [-0.15, -0.1) is 0 Å². The summed E-state index contributed by atoms with van der Waals surface area (Å²) >= 11 is 0. The second-order valence-electron chi connectivity index (χ2n) is 7.98. The lowest BCUT2D eigenvalue weighted by Crippen LogP contribution is -2.49. The third-order valence-electron chi connectivity index (χ3n) is 6.09. The minimum absolute atomic E-state index is 0.000645. The number of hydrogen-bond donors (Lipinski definition) is 0. The van der Waals surface area contributed by atoms with Crippen molar-refractivity contribution in [3.63, 3.8) is 0 Å². The Bertz CT molecular complexity index is 911. The van der Waals surface area contributed by atoms with Crippen molar-refractivity contribution in [2.24, 2.45) is 0 Å². The number of ether oxygens (including phenoxy) is 1. The highest BCUT2D eigenvalue weighted by atomic mass is 16.5. The Morgan fingerprint density at radius 3 is 2.27 bits per heavy atom. The van der Waals surface area contributed by atoms with Crippen LogP contribution in [0.25, 0.3) is 0 Å². The molecule has 0 aliphatic carbocycles. The highest BCUT2D eigenvalue weighted by molar-refractivity contribution is 5.94. The molecule has 160 valence electrons. The first-order chi connectivity index (χ1) is 14.6. The van der Waals surface area contributed by atoms with Crippen LogP contribution in [-0.2, 0) is 6.54 Å². The number of likely N-dealkylation sites (tertiary alicyclic amines) is 1. The normalized spacial score (nSPS) is 17.4. The van der Waals surface area contributed by atoms with Gasteiger partial charge in [-0.1, -0.05) is 0 Å². The maximum Gasteiger partial charge on any atom is 0.255 e. The molecule has 3 heterocycles. The molecule has 0 atom stereocenters. The van der Waals surface area contributed by atoms with Crippen molar-refractivity contribution in [1.82, 2.24) is 14.4 Å². The van der Waals surface area contributed by atoms with Gasteiger partial charge >= 0.3 is 0 Å². The molecule has 0 saturated carbocycles. The van der Waals surface area contributed by atoms with E-state index in [1.165, 1.54) is 18.9 Å². The molecule has 30 heavy (non-hydrogen) atoms. The average molecular weight is 411 g/mol. The summed E-state index contributed by atoms with van der Waals surface area (Å²) in [6.45, 7) is 6.59. The molecule has 0 spiro atoms. The van der Waals surface area contributed by atoms with Crippen molar-refractivity contribution in [2.75, 3.05) is 57.8 Å². The third-order valence-corrected chi connectivity index (χ3v) is 6.09. The van der Waals surface area contributed by atoms with Gasteiger partial charge in [-0.05, 0) is 56.3 Å². The Labute approximate surface area is 177 Å². The molecule has 2 aliphatic rings. The molecule has 7 heteroatoms. The number of anilines is 1. The smallest absolute Gasteiger partial charge is 0.255 e. The van der Waals surface area contributed by atoms with Gasteiger partial charge in [0.15, 0.2) is 0 Å². The van der Waals surface area contributed by atoms with E-state index in [2.05, 4.69) is 9.80 Å². The highest BCUT2D eigenvalue weighted by Gasteiger charge is 2.23. The molecular formula is C23H30N4O3. The van der Waals surface area contributed by atoms with E-state index in [9.17, 15) is 9.59 Å². The number of benzene rings is 1. The Morgan fingerprint density at radius 1 is 0.900 bits per heavy atom. The van der Waals surface area contributed by atoms with Crippen LogP contribution >= 0.6 is 0 Å². The molecule has 2 fully saturated rings. The minimum atomic E-state index is -0.0462. The Kier molecular flexibility index (Phi) is 6.38. The first kappa shape index (κ1) is 20.5. The monoisotopic (exact) mass is 410 g/mol. The minimum Gasteiger partial charge on any atom is -0.497 e. The first-order valence-electron chi connectivity index (χ1n) is 10.8. The summed E-state index contributed by atoms with van der Waals surface area (Å²) in [6, 6.07) is 11.2. The van der Waals surface area contributed by atoms with Crippen LogP contribution in [0.5, 0.6) is 5.75 Å². The number of carbonyl (C=O) groups is 1. The summed E-state index contributed by atoms with van der Waals surface area (Å²) in [5.74, 6) is 0.840. The van der Waals surface area contributed by atoms with Crippen molar-refractivity contribution < 1.29 is 9.53 Å². The number of hydrogen-bond acceptors (Lipinski definition) is 5. The van der Waals surface area contributed by atoms with Crippen LogP contribution in [0.2, 0.25) is 0 Å². The van der Waals surface area contributed by atoms with Gasteiger partial charge in [0, 0.05) is 57.2 Å². The molecule has 2 aromatic rings. The van der Waals surface area contributed by atoms with E-state index >= 15 is 0 Å². The number of rotatable bonds is 6. The molecular weight excluding hydrogens is 380 g/mol. The topological polar surface area (TPSA) is 58.0 Å². The van der Waals surface area contributed by atoms with Gasteiger partial charge in [0.25, 0.3) is 11.5 Å². The number of pyridine rings is 1. The van der Waals surface area contributed by atoms with Gasteiger partial charge in [0.1, 0.15) is 5.75 Å². The fraction of sp³-hybridized carbons (Fsp3) is 0.478. The second kappa shape index (κ2) is 9.34. The Balaban J connectivity index is 1.36. The summed E-state index contributed by atoms with van der Waals surface area (Å²) in [5, 5.41) is 0. The van der Waals surface area contributed by atoms with Crippen LogP contribution in [0.3, 0.4) is 0 Å². The average Bonchev–Trinajstić information content (AvgIpc) is 3.32. The second-order valence-corrected chi connectivity index (χ2v) is 7.98. The first-order valence-corrected chi connectivity index (χ1v) is 10.8. The third kappa shape index (κ3) is 4.67. The quantitative estimate of drug-likeness (QED) is 0.728. The maximum absolute atomic E-state index is 13.0. The van der Waals surface area contributed by atoms with Crippen LogP contribution in [0, 0.1) is 0 Å². The summed E-state index contributed by atoms with van der Waals surface area (Å²) in [6.07, 6.45) is 4.20. The maximum atomic E-state index is 13.0. The molecule has 0 N–H and O–H groups in total. The van der Waals surface area contributed by atoms with Gasteiger partial charge in [0.2, 0.25) is 0 Å². The Morgan fingerprint density at radius 2 is 1.60 bits per heavy atom. The highest BCUT2D eigenvalue weighted by Crippen LogP contribution is 2.21. The number of nitrogens with zero attached hydrogens (tertiary/aromatic N) is 4. The summed E-state index contributed by atoms with van der Waals surface area (Å²) in [7, 11) is 1.66. The van der Waals surface area contributed by atoms with Gasteiger partial charge in [0.05, 0.1) is 12.7 Å². The van der Waals surface area contributed by atoms with Crippen LogP contribution < -0.4 is 15.2 Å². The molecule has 7 nitrogen and oxygen atoms in total. The summed E-state index contributed by atoms with van der Waals surface area (Å²) in [5.41, 5.74) is 1.68. The van der Waals surface area contributed by atoms with Crippen molar-refractivity contribution in [1.29, 1.82) is 0 Å². The van der Waals surface area contributed by atoms with E-state index < -0.39 is 0 Å². The SMILES string of the molecule is COc1ccc(N2CCN(C(=O)c3ccc(=O)n(CCN4CCCC4)c3)CC2)cc1. The van der Waals surface area contributed by atoms with E-state index in [1.54, 1.807) is 23.9 Å². The van der Waals surface area contributed by atoms with E-state index in [0.29, 0.717) is 25.2 Å². The van der Waals surface area contributed by atoms with Crippen LogP contribution in [0.4, 0.5) is 5.69 Å². The fourth-order valence-corrected chi connectivity index (χ4v) is 4.23. The number of amides is 1. The zero-order chi connectivity index (χ0) is 20.9. The zero-order valence-corrected chi connectivity index (χ0v) is 17.6. The van der Waals surface area contributed by atoms with Crippen LogP contribution in [-0.4, -0.2) is 73.2 Å². The molecule has 4 rings (SSSR count). The lowest BCUT2D eigenvalue weighted by atomic mass is 10.2. The predicted molar refractivity (Wildman–Crippen MR) is 117 cm³/mol. The van der Waals surface area contributed by atoms with Crippen molar-refractivity contribution in [3.05, 3.63) is 58.5 Å². The number of carbonyl (C=O) groups excluding carboxylic acids is 1.